The molecule has 6 nitrogen and oxygen atoms in total. The number of carbonyl (C=O) groups is 1. The Bertz CT molecular complexity index is 1110. The third kappa shape index (κ3) is 4.33. The number of thioether (sulfide) groups is 1. The summed E-state index contributed by atoms with van der Waals surface area (Å²) in [5.41, 5.74) is 3.54. The molecule has 0 saturated heterocycles. The second kappa shape index (κ2) is 8.50. The standard InChI is InChI=1S/C21H19N5OS2/c1-15(27)26(18-10-6-3-7-11-18)21-23-17(14-29-21)13-28-20-24-19(12-25(20)22)16-8-4-2-5-9-16/h2-12,14H,13,22H2,1H3. The first-order chi connectivity index (χ1) is 14.1. The SMILES string of the molecule is CC(=O)N(c1ccccc1)c1nc(CSc2nc(-c3ccccc3)cn2N)cs1. The van der Waals surface area contributed by atoms with E-state index in [1.165, 1.54) is 27.8 Å². The third-order valence-electron chi connectivity index (χ3n) is 4.18. The summed E-state index contributed by atoms with van der Waals surface area (Å²) in [6.07, 6.45) is 1.82. The van der Waals surface area contributed by atoms with Crippen LogP contribution in [0.5, 0.6) is 0 Å². The maximum absolute atomic E-state index is 12.2. The third-order valence-corrected chi connectivity index (χ3v) is 6.05. The van der Waals surface area contributed by atoms with E-state index in [2.05, 4.69) is 9.97 Å². The van der Waals surface area contributed by atoms with E-state index in [0.29, 0.717) is 16.0 Å². The van der Waals surface area contributed by atoms with E-state index < -0.39 is 0 Å². The van der Waals surface area contributed by atoms with Gasteiger partial charge in [0.05, 0.1) is 23.3 Å². The van der Waals surface area contributed by atoms with Crippen LogP contribution in [0.2, 0.25) is 0 Å². The lowest BCUT2D eigenvalue weighted by atomic mass is 10.2. The fraction of sp³-hybridized carbons (Fsp3) is 0.0952. The zero-order valence-corrected chi connectivity index (χ0v) is 17.4. The van der Waals surface area contributed by atoms with Gasteiger partial charge in [0.1, 0.15) is 0 Å². The van der Waals surface area contributed by atoms with Crippen LogP contribution >= 0.6 is 23.1 Å². The molecule has 0 saturated carbocycles. The Morgan fingerprint density at radius 3 is 2.48 bits per heavy atom. The van der Waals surface area contributed by atoms with Crippen LogP contribution in [0.25, 0.3) is 11.3 Å². The van der Waals surface area contributed by atoms with Crippen molar-refractivity contribution in [3.05, 3.63) is 77.9 Å². The zero-order valence-electron chi connectivity index (χ0n) is 15.7. The van der Waals surface area contributed by atoms with E-state index in [1.807, 2.05) is 72.2 Å². The number of hydrogen-bond acceptors (Lipinski definition) is 6. The van der Waals surface area contributed by atoms with Gasteiger partial charge in [-0.15, -0.1) is 11.3 Å². The molecule has 146 valence electrons. The molecule has 0 aliphatic rings. The van der Waals surface area contributed by atoms with Crippen molar-refractivity contribution >= 4 is 39.8 Å². The summed E-state index contributed by atoms with van der Waals surface area (Å²) in [6.45, 7) is 1.54. The number of benzene rings is 2. The zero-order chi connectivity index (χ0) is 20.2. The van der Waals surface area contributed by atoms with Crippen molar-refractivity contribution in [1.82, 2.24) is 14.6 Å². The topological polar surface area (TPSA) is 77.0 Å². The van der Waals surface area contributed by atoms with E-state index in [9.17, 15) is 4.79 Å². The smallest absolute Gasteiger partial charge is 0.230 e. The number of rotatable bonds is 6. The minimum absolute atomic E-state index is 0.0743. The largest absolute Gasteiger partial charge is 0.337 e. The Hall–Kier alpha value is -3.10. The normalized spacial score (nSPS) is 10.8. The first kappa shape index (κ1) is 19.2. The highest BCUT2D eigenvalue weighted by atomic mass is 32.2. The van der Waals surface area contributed by atoms with Crippen LogP contribution in [0.3, 0.4) is 0 Å². The maximum Gasteiger partial charge on any atom is 0.230 e. The molecule has 29 heavy (non-hydrogen) atoms. The number of imidazole rings is 1. The number of thiazole rings is 1. The molecular weight excluding hydrogens is 402 g/mol. The van der Waals surface area contributed by atoms with Crippen LogP contribution < -0.4 is 10.7 Å². The van der Waals surface area contributed by atoms with Crippen molar-refractivity contribution in [2.45, 2.75) is 17.8 Å². The van der Waals surface area contributed by atoms with E-state index in [-0.39, 0.29) is 5.91 Å². The lowest BCUT2D eigenvalue weighted by molar-refractivity contribution is -0.115. The van der Waals surface area contributed by atoms with Crippen molar-refractivity contribution in [2.24, 2.45) is 0 Å². The second-order valence-electron chi connectivity index (χ2n) is 6.28. The number of amides is 1. The van der Waals surface area contributed by atoms with Gasteiger partial charge >= 0.3 is 0 Å². The van der Waals surface area contributed by atoms with Crippen molar-refractivity contribution in [1.29, 1.82) is 0 Å². The molecule has 2 heterocycles. The first-order valence-corrected chi connectivity index (χ1v) is 10.8. The fourth-order valence-electron chi connectivity index (χ4n) is 2.84. The van der Waals surface area contributed by atoms with Gasteiger partial charge < -0.3 is 5.84 Å². The van der Waals surface area contributed by atoms with Crippen LogP contribution in [-0.2, 0) is 10.5 Å². The van der Waals surface area contributed by atoms with Gasteiger partial charge in [0.2, 0.25) is 5.91 Å². The number of nitrogens with zero attached hydrogens (tertiary/aromatic N) is 4. The van der Waals surface area contributed by atoms with Gasteiger partial charge in [-0.05, 0) is 12.1 Å². The second-order valence-corrected chi connectivity index (χ2v) is 8.06. The minimum atomic E-state index is -0.0743. The van der Waals surface area contributed by atoms with Gasteiger partial charge in [0, 0.05) is 23.6 Å². The predicted octanol–water partition coefficient (Wildman–Crippen LogP) is 4.70. The molecule has 8 heteroatoms. The summed E-state index contributed by atoms with van der Waals surface area (Å²) in [4.78, 5) is 23.1. The quantitative estimate of drug-likeness (QED) is 0.361. The number of nitrogens with two attached hydrogens (primary N) is 1. The predicted molar refractivity (Wildman–Crippen MR) is 119 cm³/mol. The Balaban J connectivity index is 1.49. The van der Waals surface area contributed by atoms with E-state index in [4.69, 9.17) is 5.84 Å². The summed E-state index contributed by atoms with van der Waals surface area (Å²) < 4.78 is 1.53. The number of aromatic nitrogens is 3. The summed E-state index contributed by atoms with van der Waals surface area (Å²) in [6, 6.07) is 19.4. The Kier molecular flexibility index (Phi) is 5.64. The van der Waals surface area contributed by atoms with Crippen molar-refractivity contribution in [3.63, 3.8) is 0 Å². The summed E-state index contributed by atoms with van der Waals surface area (Å²) >= 11 is 2.96. The summed E-state index contributed by atoms with van der Waals surface area (Å²) in [5, 5.41) is 3.33. The van der Waals surface area contributed by atoms with E-state index >= 15 is 0 Å². The number of nitrogen functional groups attached to an aromatic ring is 1. The Morgan fingerprint density at radius 2 is 1.79 bits per heavy atom. The van der Waals surface area contributed by atoms with Crippen LogP contribution in [0.4, 0.5) is 10.8 Å². The summed E-state index contributed by atoms with van der Waals surface area (Å²) in [5.74, 6) is 6.61. The Morgan fingerprint density at radius 1 is 1.10 bits per heavy atom. The van der Waals surface area contributed by atoms with Crippen LogP contribution in [0.1, 0.15) is 12.6 Å². The van der Waals surface area contributed by atoms with Gasteiger partial charge in [0.25, 0.3) is 0 Å². The minimum Gasteiger partial charge on any atom is -0.337 e. The van der Waals surface area contributed by atoms with Gasteiger partial charge in [-0.1, -0.05) is 60.3 Å². The van der Waals surface area contributed by atoms with Crippen LogP contribution in [0.15, 0.2) is 77.4 Å². The van der Waals surface area contributed by atoms with E-state index in [0.717, 1.165) is 22.6 Å². The number of para-hydroxylation sites is 1. The molecule has 1 amide bonds. The number of anilines is 2. The molecule has 2 N–H and O–H groups in total. The van der Waals surface area contributed by atoms with Gasteiger partial charge in [-0.2, -0.15) is 0 Å². The molecule has 2 aromatic heterocycles. The average Bonchev–Trinajstić information content (AvgIpc) is 3.34. The van der Waals surface area contributed by atoms with Gasteiger partial charge in [-0.25, -0.2) is 14.6 Å². The van der Waals surface area contributed by atoms with Gasteiger partial charge in [-0.3, -0.25) is 9.69 Å². The lowest BCUT2D eigenvalue weighted by Crippen LogP contribution is -2.22. The molecule has 4 aromatic rings. The molecule has 4 rings (SSSR count). The average molecular weight is 422 g/mol. The van der Waals surface area contributed by atoms with Crippen molar-refractivity contribution < 1.29 is 4.79 Å². The maximum atomic E-state index is 12.2. The molecular formula is C21H19N5OS2. The molecule has 0 radical (unpaired) electrons. The van der Waals surface area contributed by atoms with Gasteiger partial charge in [0.15, 0.2) is 10.3 Å². The first-order valence-electron chi connectivity index (χ1n) is 8.94. The highest BCUT2D eigenvalue weighted by Crippen LogP contribution is 2.31. The monoisotopic (exact) mass is 421 g/mol. The number of hydrogen-bond donors (Lipinski definition) is 1. The molecule has 0 spiro atoms. The molecule has 0 fully saturated rings. The molecule has 2 aromatic carbocycles. The fourth-order valence-corrected chi connectivity index (χ4v) is 4.62. The lowest BCUT2D eigenvalue weighted by Gasteiger charge is -2.17. The number of carbonyl (C=O) groups excluding carboxylic acids is 1. The van der Waals surface area contributed by atoms with E-state index in [1.54, 1.807) is 11.8 Å². The Labute approximate surface area is 177 Å². The highest BCUT2D eigenvalue weighted by Gasteiger charge is 2.18. The van der Waals surface area contributed by atoms with Crippen molar-refractivity contribution in [3.8, 4) is 11.3 Å². The highest BCUT2D eigenvalue weighted by molar-refractivity contribution is 7.98. The molecule has 0 unspecified atom stereocenters. The van der Waals surface area contributed by atoms with Crippen LogP contribution in [0, 0.1) is 0 Å². The molecule has 0 bridgehead atoms. The molecule has 0 atom stereocenters. The molecule has 0 aliphatic carbocycles. The molecule has 0 aliphatic heterocycles. The van der Waals surface area contributed by atoms with Crippen LogP contribution in [-0.4, -0.2) is 20.6 Å². The van der Waals surface area contributed by atoms with Crippen molar-refractivity contribution in [2.75, 3.05) is 10.7 Å². The summed E-state index contributed by atoms with van der Waals surface area (Å²) in [7, 11) is 0.